The highest BCUT2D eigenvalue weighted by Crippen LogP contribution is 1.99. The van der Waals surface area contributed by atoms with E-state index in [4.69, 9.17) is 10.8 Å². The number of amides is 1. The molecule has 6 nitrogen and oxygen atoms in total. The molecule has 3 N–H and O–H groups in total. The highest BCUT2D eigenvalue weighted by atomic mass is 16.4. The monoisotopic (exact) mass is 313 g/mol. The highest BCUT2D eigenvalue weighted by Gasteiger charge is 2.00. The number of carbonyl (C=O) groups excluding carboxylic acids is 1. The van der Waals surface area contributed by atoms with Crippen LogP contribution >= 0.6 is 0 Å². The van der Waals surface area contributed by atoms with E-state index in [0.29, 0.717) is 17.6 Å². The first-order chi connectivity index (χ1) is 10.1. The fourth-order valence-electron chi connectivity index (χ4n) is 1.30. The van der Waals surface area contributed by atoms with Crippen LogP contribution in [0.5, 0.6) is 0 Å². The van der Waals surface area contributed by atoms with Crippen molar-refractivity contribution >= 4 is 11.9 Å². The second-order valence-electron chi connectivity index (χ2n) is 5.66. The quantitative estimate of drug-likeness (QED) is 0.495. The lowest BCUT2D eigenvalue weighted by Gasteiger charge is -2.08. The summed E-state index contributed by atoms with van der Waals surface area (Å²) >= 11 is 0. The maximum absolute atomic E-state index is 10.4. The van der Waals surface area contributed by atoms with Crippen molar-refractivity contribution in [1.29, 1.82) is 0 Å². The Morgan fingerprint density at radius 3 is 2.00 bits per heavy atom. The zero-order valence-electron chi connectivity index (χ0n) is 14.6. The molecule has 0 atom stereocenters. The van der Waals surface area contributed by atoms with Crippen molar-refractivity contribution in [3.8, 4) is 0 Å². The Hall–Kier alpha value is -1.66. The minimum Gasteiger partial charge on any atom is -0.478 e. The minimum absolute atomic E-state index is 0.401. The second kappa shape index (κ2) is 13.0. The van der Waals surface area contributed by atoms with Crippen LogP contribution < -0.4 is 5.73 Å². The summed E-state index contributed by atoms with van der Waals surface area (Å²) in [5.74, 6) is -1.22. The molecule has 0 aliphatic heterocycles. The van der Waals surface area contributed by atoms with Crippen LogP contribution in [0.2, 0.25) is 0 Å². The van der Waals surface area contributed by atoms with Crippen LogP contribution in [-0.2, 0) is 9.59 Å². The molecule has 0 spiro atoms. The van der Waals surface area contributed by atoms with Gasteiger partial charge >= 0.3 is 5.97 Å². The highest BCUT2D eigenvalue weighted by molar-refractivity contribution is 5.91. The maximum atomic E-state index is 10.4. The molecule has 0 heterocycles. The third-order valence-corrected chi connectivity index (χ3v) is 2.81. The molecule has 0 aliphatic carbocycles. The van der Waals surface area contributed by atoms with E-state index in [1.807, 2.05) is 33.1 Å². The number of primary amides is 1. The van der Waals surface area contributed by atoms with Crippen LogP contribution in [0.15, 0.2) is 23.8 Å². The molecule has 0 bridgehead atoms. The van der Waals surface area contributed by atoms with E-state index in [0.717, 1.165) is 25.9 Å². The number of nitrogens with zero attached hydrogens (tertiary/aromatic N) is 2. The Morgan fingerprint density at radius 2 is 1.64 bits per heavy atom. The molecular formula is C16H31N3O3. The molecule has 0 saturated heterocycles. The van der Waals surface area contributed by atoms with Gasteiger partial charge in [-0.3, -0.25) is 4.79 Å². The Labute approximate surface area is 134 Å². The third kappa shape index (κ3) is 16.4. The molecule has 0 aliphatic rings. The number of carboxylic acid groups (broad SMARTS) is 1. The number of unbranched alkanes of at least 4 members (excludes halogenated alkanes) is 1. The van der Waals surface area contributed by atoms with Crippen LogP contribution in [0.3, 0.4) is 0 Å². The van der Waals surface area contributed by atoms with Gasteiger partial charge in [-0.1, -0.05) is 12.7 Å². The summed E-state index contributed by atoms with van der Waals surface area (Å²) < 4.78 is 0. The standard InChI is InChI=1S/C9H17NO2.C7H14N2O/c1-8(9(11)12)6-4-5-7-10(2)3;1-6(7(8)10)4-5-9(2)3/h6H,4-5,7H2,1-3H3,(H,11,12);1,4-5H2,2-3H3,(H2,8,10). The summed E-state index contributed by atoms with van der Waals surface area (Å²) in [6.07, 6.45) is 4.28. The molecule has 0 fully saturated rings. The van der Waals surface area contributed by atoms with Gasteiger partial charge in [0.2, 0.25) is 5.91 Å². The van der Waals surface area contributed by atoms with Crippen molar-refractivity contribution < 1.29 is 14.7 Å². The van der Waals surface area contributed by atoms with Crippen molar-refractivity contribution in [1.82, 2.24) is 9.80 Å². The second-order valence-corrected chi connectivity index (χ2v) is 5.66. The van der Waals surface area contributed by atoms with Crippen LogP contribution in [0.1, 0.15) is 26.2 Å². The molecule has 0 radical (unpaired) electrons. The van der Waals surface area contributed by atoms with Crippen LogP contribution in [0.4, 0.5) is 0 Å². The van der Waals surface area contributed by atoms with Crippen molar-refractivity contribution in [3.63, 3.8) is 0 Å². The van der Waals surface area contributed by atoms with Gasteiger partial charge in [0.25, 0.3) is 0 Å². The van der Waals surface area contributed by atoms with Gasteiger partial charge in [0.15, 0.2) is 0 Å². The van der Waals surface area contributed by atoms with Gasteiger partial charge in [-0.05, 0) is 60.9 Å². The van der Waals surface area contributed by atoms with E-state index < -0.39 is 11.9 Å². The molecular weight excluding hydrogens is 282 g/mol. The van der Waals surface area contributed by atoms with Gasteiger partial charge in [0, 0.05) is 17.7 Å². The van der Waals surface area contributed by atoms with Crippen molar-refractivity contribution in [3.05, 3.63) is 23.8 Å². The molecule has 0 aromatic carbocycles. The zero-order chi connectivity index (χ0) is 17.7. The molecule has 22 heavy (non-hydrogen) atoms. The number of rotatable bonds is 9. The summed E-state index contributed by atoms with van der Waals surface area (Å²) in [7, 11) is 7.89. The maximum Gasteiger partial charge on any atom is 0.330 e. The van der Waals surface area contributed by atoms with Gasteiger partial charge in [0.05, 0.1) is 0 Å². The predicted octanol–water partition coefficient (Wildman–Crippen LogP) is 1.34. The lowest BCUT2D eigenvalue weighted by Crippen LogP contribution is -2.19. The predicted molar refractivity (Wildman–Crippen MR) is 90.7 cm³/mol. The zero-order valence-corrected chi connectivity index (χ0v) is 14.6. The van der Waals surface area contributed by atoms with Crippen LogP contribution in [-0.4, -0.2) is 68.1 Å². The molecule has 6 heteroatoms. The number of carboxylic acids is 1. The summed E-state index contributed by atoms with van der Waals surface area (Å²) in [5.41, 5.74) is 5.90. The molecule has 0 aromatic rings. The lowest BCUT2D eigenvalue weighted by molar-refractivity contribution is -0.132. The largest absolute Gasteiger partial charge is 0.478 e. The third-order valence-electron chi connectivity index (χ3n) is 2.81. The number of carbonyl (C=O) groups is 2. The average Bonchev–Trinajstić information content (AvgIpc) is 2.40. The SMILES string of the molecule is C=C(CCN(C)C)C(N)=O.CC(=CCCCN(C)C)C(=O)O. The number of aliphatic carboxylic acids is 1. The number of allylic oxidation sites excluding steroid dienone is 1. The van der Waals surface area contributed by atoms with E-state index in [2.05, 4.69) is 11.5 Å². The molecule has 128 valence electrons. The normalized spacial score (nSPS) is 11.1. The number of hydrogen-bond acceptors (Lipinski definition) is 4. The fraction of sp³-hybridized carbons (Fsp3) is 0.625. The molecule has 0 saturated carbocycles. The van der Waals surface area contributed by atoms with E-state index >= 15 is 0 Å². The van der Waals surface area contributed by atoms with Crippen LogP contribution in [0.25, 0.3) is 0 Å². The average molecular weight is 313 g/mol. The Bertz CT molecular complexity index is 388. The van der Waals surface area contributed by atoms with Crippen molar-refractivity contribution in [2.24, 2.45) is 5.73 Å². The first-order valence-corrected chi connectivity index (χ1v) is 7.25. The van der Waals surface area contributed by atoms with E-state index in [1.54, 1.807) is 13.0 Å². The number of hydrogen-bond donors (Lipinski definition) is 2. The van der Waals surface area contributed by atoms with Gasteiger partial charge < -0.3 is 20.6 Å². The first kappa shape index (κ1) is 22.6. The Kier molecular flexibility index (Phi) is 13.4. The van der Waals surface area contributed by atoms with Gasteiger partial charge in [-0.15, -0.1) is 0 Å². The van der Waals surface area contributed by atoms with E-state index in [1.165, 1.54) is 0 Å². The van der Waals surface area contributed by atoms with Gasteiger partial charge in [-0.25, -0.2) is 4.79 Å². The van der Waals surface area contributed by atoms with Crippen molar-refractivity contribution in [2.45, 2.75) is 26.2 Å². The Morgan fingerprint density at radius 1 is 1.14 bits per heavy atom. The molecule has 1 amide bonds. The minimum atomic E-state index is -0.820. The molecule has 0 rings (SSSR count). The molecule has 0 unspecified atom stereocenters. The lowest BCUT2D eigenvalue weighted by atomic mass is 10.2. The summed E-state index contributed by atoms with van der Waals surface area (Å²) in [4.78, 5) is 24.8. The van der Waals surface area contributed by atoms with Gasteiger partial charge in [0.1, 0.15) is 0 Å². The summed E-state index contributed by atoms with van der Waals surface area (Å²) in [6.45, 7) is 6.97. The summed E-state index contributed by atoms with van der Waals surface area (Å²) in [5, 5.41) is 8.51. The topological polar surface area (TPSA) is 86.9 Å². The van der Waals surface area contributed by atoms with E-state index in [9.17, 15) is 9.59 Å². The summed E-state index contributed by atoms with van der Waals surface area (Å²) in [6, 6.07) is 0. The Balaban J connectivity index is 0. The van der Waals surface area contributed by atoms with Gasteiger partial charge in [-0.2, -0.15) is 0 Å². The molecule has 0 aromatic heterocycles. The number of nitrogens with two attached hydrogens (primary N) is 1. The first-order valence-electron chi connectivity index (χ1n) is 7.25. The smallest absolute Gasteiger partial charge is 0.330 e. The van der Waals surface area contributed by atoms with Crippen molar-refractivity contribution in [2.75, 3.05) is 41.3 Å². The van der Waals surface area contributed by atoms with Crippen LogP contribution in [0, 0.1) is 0 Å². The van der Waals surface area contributed by atoms with E-state index in [-0.39, 0.29) is 0 Å². The fourth-order valence-corrected chi connectivity index (χ4v) is 1.30.